The summed E-state index contributed by atoms with van der Waals surface area (Å²) in [6.07, 6.45) is 1.31. The first kappa shape index (κ1) is 11.9. The third-order valence-corrected chi connectivity index (χ3v) is 2.18. The topological polar surface area (TPSA) is 18.5 Å². The first-order valence-electron chi connectivity index (χ1n) is 5.42. The second kappa shape index (κ2) is 5.64. The van der Waals surface area contributed by atoms with Gasteiger partial charge in [0.1, 0.15) is 11.5 Å². The van der Waals surface area contributed by atoms with Crippen molar-refractivity contribution < 1.29 is 9.47 Å². The first-order valence-corrected chi connectivity index (χ1v) is 5.42. The minimum absolute atomic E-state index is 0.247. The van der Waals surface area contributed by atoms with Crippen LogP contribution < -0.4 is 9.47 Å². The molecular weight excluding hydrogens is 188 g/mol. The summed E-state index contributed by atoms with van der Waals surface area (Å²) in [5, 5.41) is 0. The van der Waals surface area contributed by atoms with E-state index in [4.69, 9.17) is 9.47 Å². The van der Waals surface area contributed by atoms with Crippen LogP contribution in [0.25, 0.3) is 0 Å². The van der Waals surface area contributed by atoms with E-state index < -0.39 is 0 Å². The zero-order valence-electron chi connectivity index (χ0n) is 9.99. The Morgan fingerprint density at radius 3 is 2.40 bits per heavy atom. The molecule has 0 saturated heterocycles. The van der Waals surface area contributed by atoms with Crippen LogP contribution in [0.15, 0.2) is 24.3 Å². The molecule has 0 aliphatic carbocycles. The number of hydrogen-bond donors (Lipinski definition) is 0. The van der Waals surface area contributed by atoms with E-state index in [1.54, 1.807) is 7.11 Å². The second-order valence-electron chi connectivity index (χ2n) is 4.24. The molecule has 0 spiro atoms. The van der Waals surface area contributed by atoms with E-state index in [0.29, 0.717) is 5.92 Å². The largest absolute Gasteiger partial charge is 0.497 e. The summed E-state index contributed by atoms with van der Waals surface area (Å²) >= 11 is 0. The molecule has 1 rings (SSSR count). The molecule has 0 aliphatic heterocycles. The number of hydrogen-bond acceptors (Lipinski definition) is 2. The van der Waals surface area contributed by atoms with E-state index in [0.717, 1.165) is 17.9 Å². The molecule has 0 aliphatic rings. The Labute approximate surface area is 92.2 Å². The van der Waals surface area contributed by atoms with Gasteiger partial charge < -0.3 is 9.47 Å². The zero-order chi connectivity index (χ0) is 11.3. The van der Waals surface area contributed by atoms with Crippen LogP contribution in [0.2, 0.25) is 0 Å². The highest BCUT2D eigenvalue weighted by molar-refractivity contribution is 5.32. The quantitative estimate of drug-likeness (QED) is 0.737. The minimum Gasteiger partial charge on any atom is -0.497 e. The second-order valence-corrected chi connectivity index (χ2v) is 4.24. The van der Waals surface area contributed by atoms with Crippen molar-refractivity contribution in [2.75, 3.05) is 7.11 Å². The highest BCUT2D eigenvalue weighted by Gasteiger charge is 2.06. The molecule has 0 aromatic heterocycles. The normalized spacial score (nSPS) is 12.6. The van der Waals surface area contributed by atoms with Crippen LogP contribution in [0.4, 0.5) is 0 Å². The highest BCUT2D eigenvalue weighted by atomic mass is 16.5. The van der Waals surface area contributed by atoms with E-state index in [-0.39, 0.29) is 6.10 Å². The van der Waals surface area contributed by atoms with Crippen LogP contribution in [-0.2, 0) is 0 Å². The summed E-state index contributed by atoms with van der Waals surface area (Å²) in [7, 11) is 1.66. The van der Waals surface area contributed by atoms with Gasteiger partial charge in [-0.25, -0.2) is 0 Å². The van der Waals surface area contributed by atoms with E-state index in [2.05, 4.69) is 20.8 Å². The molecule has 15 heavy (non-hydrogen) atoms. The van der Waals surface area contributed by atoms with Crippen LogP contribution >= 0.6 is 0 Å². The molecule has 0 saturated carbocycles. The molecule has 0 heterocycles. The maximum absolute atomic E-state index is 5.79. The smallest absolute Gasteiger partial charge is 0.123 e. The van der Waals surface area contributed by atoms with Crippen LogP contribution in [0.3, 0.4) is 0 Å². The summed E-state index contributed by atoms with van der Waals surface area (Å²) in [6.45, 7) is 6.50. The van der Waals surface area contributed by atoms with Gasteiger partial charge in [-0.1, -0.05) is 19.9 Å². The van der Waals surface area contributed by atoms with Gasteiger partial charge in [-0.15, -0.1) is 0 Å². The Bertz CT molecular complexity index is 294. The van der Waals surface area contributed by atoms with Crippen molar-refractivity contribution in [3.63, 3.8) is 0 Å². The number of ether oxygens (including phenoxy) is 2. The van der Waals surface area contributed by atoms with Crippen molar-refractivity contribution in [2.45, 2.75) is 33.3 Å². The average Bonchev–Trinajstić information content (AvgIpc) is 2.16. The van der Waals surface area contributed by atoms with Crippen molar-refractivity contribution in [3.05, 3.63) is 24.3 Å². The Morgan fingerprint density at radius 1 is 1.13 bits per heavy atom. The number of methoxy groups -OCH3 is 1. The molecule has 0 N–H and O–H groups in total. The molecule has 0 bridgehead atoms. The van der Waals surface area contributed by atoms with Gasteiger partial charge in [-0.05, 0) is 31.4 Å². The fraction of sp³-hybridized carbons (Fsp3) is 0.538. The van der Waals surface area contributed by atoms with Gasteiger partial charge >= 0.3 is 0 Å². The summed E-state index contributed by atoms with van der Waals surface area (Å²) in [4.78, 5) is 0. The van der Waals surface area contributed by atoms with Crippen molar-refractivity contribution in [2.24, 2.45) is 5.92 Å². The van der Waals surface area contributed by atoms with Gasteiger partial charge in [0.15, 0.2) is 0 Å². The Morgan fingerprint density at radius 2 is 1.80 bits per heavy atom. The maximum atomic E-state index is 5.79. The Balaban J connectivity index is 2.55. The van der Waals surface area contributed by atoms with Gasteiger partial charge in [0.25, 0.3) is 0 Å². The van der Waals surface area contributed by atoms with Gasteiger partial charge in [0, 0.05) is 6.07 Å². The maximum Gasteiger partial charge on any atom is 0.123 e. The van der Waals surface area contributed by atoms with Gasteiger partial charge in [0.2, 0.25) is 0 Å². The minimum atomic E-state index is 0.247. The molecule has 0 amide bonds. The predicted octanol–water partition coefficient (Wildman–Crippen LogP) is 3.51. The van der Waals surface area contributed by atoms with E-state index >= 15 is 0 Å². The lowest BCUT2D eigenvalue weighted by molar-refractivity contribution is 0.192. The van der Waals surface area contributed by atoms with Crippen LogP contribution in [0.5, 0.6) is 11.5 Å². The molecule has 2 nitrogen and oxygen atoms in total. The third kappa shape index (κ3) is 4.24. The van der Waals surface area contributed by atoms with Crippen molar-refractivity contribution in [1.29, 1.82) is 0 Å². The summed E-state index contributed by atoms with van der Waals surface area (Å²) < 4.78 is 10.9. The van der Waals surface area contributed by atoms with Crippen LogP contribution in [0.1, 0.15) is 27.2 Å². The molecular formula is C13H20O2. The summed E-state index contributed by atoms with van der Waals surface area (Å²) in [6, 6.07) is 7.73. The number of benzene rings is 1. The molecule has 1 unspecified atom stereocenters. The van der Waals surface area contributed by atoms with Crippen molar-refractivity contribution in [3.8, 4) is 11.5 Å². The average molecular weight is 208 g/mol. The van der Waals surface area contributed by atoms with E-state index in [9.17, 15) is 0 Å². The molecule has 2 heteroatoms. The molecule has 0 radical (unpaired) electrons. The molecule has 84 valence electrons. The SMILES string of the molecule is COc1cccc(OC(C)CC(C)C)c1. The van der Waals surface area contributed by atoms with E-state index in [1.807, 2.05) is 24.3 Å². The van der Waals surface area contributed by atoms with Gasteiger partial charge in [0.05, 0.1) is 13.2 Å². The summed E-state index contributed by atoms with van der Waals surface area (Å²) in [5.74, 6) is 2.37. The molecule has 1 aromatic rings. The van der Waals surface area contributed by atoms with Crippen molar-refractivity contribution >= 4 is 0 Å². The van der Waals surface area contributed by atoms with Crippen molar-refractivity contribution in [1.82, 2.24) is 0 Å². The van der Waals surface area contributed by atoms with E-state index in [1.165, 1.54) is 0 Å². The monoisotopic (exact) mass is 208 g/mol. The Kier molecular flexibility index (Phi) is 4.47. The Hall–Kier alpha value is -1.18. The highest BCUT2D eigenvalue weighted by Crippen LogP contribution is 2.21. The molecule has 0 fully saturated rings. The van der Waals surface area contributed by atoms with Crippen LogP contribution in [-0.4, -0.2) is 13.2 Å². The first-order chi connectivity index (χ1) is 7.11. The zero-order valence-corrected chi connectivity index (χ0v) is 9.99. The lowest BCUT2D eigenvalue weighted by Crippen LogP contribution is -2.14. The third-order valence-electron chi connectivity index (χ3n) is 2.18. The lowest BCUT2D eigenvalue weighted by Gasteiger charge is -2.16. The fourth-order valence-electron chi connectivity index (χ4n) is 1.62. The standard InChI is InChI=1S/C13H20O2/c1-10(2)8-11(3)15-13-7-5-6-12(9-13)14-4/h5-7,9-11H,8H2,1-4H3. The molecule has 1 aromatic carbocycles. The van der Waals surface area contributed by atoms with Gasteiger partial charge in [-0.3, -0.25) is 0 Å². The van der Waals surface area contributed by atoms with Gasteiger partial charge in [-0.2, -0.15) is 0 Å². The fourth-order valence-corrected chi connectivity index (χ4v) is 1.62. The van der Waals surface area contributed by atoms with Crippen LogP contribution in [0, 0.1) is 5.92 Å². The lowest BCUT2D eigenvalue weighted by atomic mass is 10.1. The predicted molar refractivity (Wildman–Crippen MR) is 62.5 cm³/mol. The molecule has 1 atom stereocenters. The number of rotatable bonds is 5. The summed E-state index contributed by atoms with van der Waals surface area (Å²) in [5.41, 5.74) is 0.